The van der Waals surface area contributed by atoms with Gasteiger partial charge in [-0.3, -0.25) is 0 Å². The molecule has 0 N–H and O–H groups in total. The summed E-state index contributed by atoms with van der Waals surface area (Å²) in [4.78, 5) is 0. The number of thiophene rings is 1. The van der Waals surface area contributed by atoms with E-state index in [0.29, 0.717) is 19.8 Å². The summed E-state index contributed by atoms with van der Waals surface area (Å²) in [7, 11) is 0. The van der Waals surface area contributed by atoms with E-state index in [-0.39, 0.29) is 0 Å². The van der Waals surface area contributed by atoms with Gasteiger partial charge in [0.2, 0.25) is 0 Å². The van der Waals surface area contributed by atoms with Gasteiger partial charge in [-0.2, -0.15) is 13.2 Å². The average molecular weight is 346 g/mol. The van der Waals surface area contributed by atoms with Crippen LogP contribution in [-0.2, 0) is 6.18 Å². The van der Waals surface area contributed by atoms with Crippen molar-refractivity contribution in [2.75, 3.05) is 0 Å². The largest absolute Gasteiger partial charge is 0.416 e. The third kappa shape index (κ3) is 3.37. The molecule has 1 unspecified atom stereocenters. The molecule has 2 aromatic rings. The average Bonchev–Trinajstić information content (AvgIpc) is 2.66. The van der Waals surface area contributed by atoms with Crippen molar-refractivity contribution < 1.29 is 13.2 Å². The normalized spacial score (nSPS) is 13.6. The summed E-state index contributed by atoms with van der Waals surface area (Å²) in [6, 6.07) is 6.41. The molecule has 0 fully saturated rings. The molecule has 19 heavy (non-hydrogen) atoms. The van der Waals surface area contributed by atoms with Crippen molar-refractivity contribution in [3.63, 3.8) is 0 Å². The highest BCUT2D eigenvalue weighted by molar-refractivity contribution is 7.20. The second kappa shape index (κ2) is 5.52. The first-order chi connectivity index (χ1) is 8.79. The summed E-state index contributed by atoms with van der Waals surface area (Å²) < 4.78 is 38.7. The molecule has 0 aliphatic rings. The van der Waals surface area contributed by atoms with Crippen molar-refractivity contribution in [1.29, 1.82) is 0 Å². The lowest BCUT2D eigenvalue weighted by atomic mass is 10.0. The fourth-order valence-corrected chi connectivity index (χ4v) is 3.54. The Balaban J connectivity index is 2.39. The summed E-state index contributed by atoms with van der Waals surface area (Å²) in [5, 5.41) is -0.765. The van der Waals surface area contributed by atoms with E-state index in [2.05, 4.69) is 0 Å². The van der Waals surface area contributed by atoms with E-state index >= 15 is 0 Å². The molecule has 0 bridgehead atoms. The smallest absolute Gasteiger partial charge is 0.166 e. The maximum atomic E-state index is 12.6. The Bertz CT molecular complexity index is 592. The Morgan fingerprint density at radius 1 is 1.11 bits per heavy atom. The third-order valence-electron chi connectivity index (χ3n) is 2.46. The zero-order valence-corrected chi connectivity index (χ0v) is 12.2. The highest BCUT2D eigenvalue weighted by atomic mass is 35.5. The Labute approximate surface area is 126 Å². The van der Waals surface area contributed by atoms with E-state index in [1.54, 1.807) is 6.07 Å². The van der Waals surface area contributed by atoms with Gasteiger partial charge in [-0.1, -0.05) is 35.3 Å². The zero-order chi connectivity index (χ0) is 14.2. The summed E-state index contributed by atoms with van der Waals surface area (Å²) >= 11 is 19.0. The molecule has 0 saturated carbocycles. The summed E-state index contributed by atoms with van der Waals surface area (Å²) in [6.07, 6.45) is -4.40. The van der Waals surface area contributed by atoms with Crippen LogP contribution in [-0.4, -0.2) is 0 Å². The number of benzene rings is 1. The third-order valence-corrected chi connectivity index (χ3v) is 4.47. The van der Waals surface area contributed by atoms with Crippen molar-refractivity contribution in [2.24, 2.45) is 0 Å². The first kappa shape index (κ1) is 15.0. The summed E-state index contributed by atoms with van der Waals surface area (Å²) in [5.41, 5.74) is 0.0959. The molecule has 0 amide bonds. The minimum absolute atomic E-state index is 0.327. The van der Waals surface area contributed by atoms with Crippen LogP contribution in [0.1, 0.15) is 22.1 Å². The Morgan fingerprint density at radius 2 is 1.79 bits per heavy atom. The minimum atomic E-state index is -4.40. The lowest BCUT2D eigenvalue weighted by Gasteiger charge is -2.12. The highest BCUT2D eigenvalue weighted by Gasteiger charge is 2.31. The maximum absolute atomic E-state index is 12.6. The van der Waals surface area contributed by atoms with E-state index in [1.165, 1.54) is 12.1 Å². The molecule has 1 aromatic heterocycles. The Morgan fingerprint density at radius 3 is 2.32 bits per heavy atom. The fourth-order valence-electron chi connectivity index (χ4n) is 1.58. The van der Waals surface area contributed by atoms with E-state index in [0.717, 1.165) is 23.5 Å². The lowest BCUT2D eigenvalue weighted by Crippen LogP contribution is -2.05. The highest BCUT2D eigenvalue weighted by Crippen LogP contribution is 2.41. The van der Waals surface area contributed by atoms with Crippen LogP contribution >= 0.6 is 46.1 Å². The van der Waals surface area contributed by atoms with Crippen molar-refractivity contribution in [2.45, 2.75) is 11.6 Å². The van der Waals surface area contributed by atoms with Crippen molar-refractivity contribution in [3.8, 4) is 0 Å². The second-order valence-electron chi connectivity index (χ2n) is 3.77. The van der Waals surface area contributed by atoms with Crippen LogP contribution < -0.4 is 0 Å². The Kier molecular flexibility index (Phi) is 4.35. The van der Waals surface area contributed by atoms with E-state index < -0.39 is 17.1 Å². The quantitative estimate of drug-likeness (QED) is 0.552. The molecule has 7 heteroatoms. The first-order valence-corrected chi connectivity index (χ1v) is 7.06. The van der Waals surface area contributed by atoms with Gasteiger partial charge in [-0.15, -0.1) is 22.9 Å². The van der Waals surface area contributed by atoms with Gasteiger partial charge >= 0.3 is 6.18 Å². The molecular formula is C12H6Cl3F3S. The van der Waals surface area contributed by atoms with Crippen molar-refractivity contribution in [1.82, 2.24) is 0 Å². The van der Waals surface area contributed by atoms with Crippen LogP contribution in [0.3, 0.4) is 0 Å². The molecule has 1 aromatic carbocycles. The van der Waals surface area contributed by atoms with E-state index in [4.69, 9.17) is 34.8 Å². The van der Waals surface area contributed by atoms with Gasteiger partial charge < -0.3 is 0 Å². The fraction of sp³-hybridized carbons (Fsp3) is 0.167. The number of alkyl halides is 4. The van der Waals surface area contributed by atoms with Gasteiger partial charge in [0.15, 0.2) is 0 Å². The number of rotatable bonds is 2. The molecular weight excluding hydrogens is 340 g/mol. The lowest BCUT2D eigenvalue weighted by molar-refractivity contribution is -0.137. The topological polar surface area (TPSA) is 0 Å². The van der Waals surface area contributed by atoms with Gasteiger partial charge in [0.1, 0.15) is 0 Å². The van der Waals surface area contributed by atoms with Crippen molar-refractivity contribution in [3.05, 3.63) is 55.7 Å². The van der Waals surface area contributed by atoms with E-state index in [9.17, 15) is 13.2 Å². The second-order valence-corrected chi connectivity index (χ2v) is 6.49. The summed E-state index contributed by atoms with van der Waals surface area (Å²) in [5.74, 6) is 0. The molecule has 102 valence electrons. The maximum Gasteiger partial charge on any atom is 0.416 e. The molecule has 1 atom stereocenters. The van der Waals surface area contributed by atoms with Crippen LogP contribution in [0.5, 0.6) is 0 Å². The molecule has 1 heterocycles. The number of hydrogen-bond donors (Lipinski definition) is 0. The number of halogens is 6. The predicted octanol–water partition coefficient (Wildman–Crippen LogP) is 6.40. The molecule has 0 saturated heterocycles. The van der Waals surface area contributed by atoms with Crippen LogP contribution in [0.2, 0.25) is 8.67 Å². The number of hydrogen-bond acceptors (Lipinski definition) is 1. The molecule has 2 rings (SSSR count). The SMILES string of the molecule is FC(F)(F)c1cccc(C(Cl)c2cc(Cl)sc2Cl)c1. The molecule has 0 aliphatic heterocycles. The molecule has 0 nitrogen and oxygen atoms in total. The molecule has 0 spiro atoms. The van der Waals surface area contributed by atoms with Gasteiger partial charge in [0.05, 0.1) is 19.6 Å². The van der Waals surface area contributed by atoms with E-state index in [1.807, 2.05) is 0 Å². The molecule has 0 aliphatic carbocycles. The van der Waals surface area contributed by atoms with Crippen LogP contribution in [0.4, 0.5) is 13.2 Å². The van der Waals surface area contributed by atoms with Gasteiger partial charge in [0, 0.05) is 5.56 Å². The first-order valence-electron chi connectivity index (χ1n) is 5.05. The predicted molar refractivity (Wildman–Crippen MR) is 73.5 cm³/mol. The standard InChI is InChI=1S/C12H6Cl3F3S/c13-9-5-8(11(15)19-9)10(14)6-2-1-3-7(4-6)12(16,17)18/h1-5,10H. The van der Waals surface area contributed by atoms with Crippen LogP contribution in [0, 0.1) is 0 Å². The minimum Gasteiger partial charge on any atom is -0.166 e. The van der Waals surface area contributed by atoms with Gasteiger partial charge in [-0.05, 0) is 23.8 Å². The van der Waals surface area contributed by atoms with Crippen LogP contribution in [0.15, 0.2) is 30.3 Å². The van der Waals surface area contributed by atoms with Gasteiger partial charge in [0.25, 0.3) is 0 Å². The van der Waals surface area contributed by atoms with Crippen molar-refractivity contribution >= 4 is 46.1 Å². The monoisotopic (exact) mass is 344 g/mol. The zero-order valence-electron chi connectivity index (χ0n) is 9.14. The Hall–Kier alpha value is -0.420. The van der Waals surface area contributed by atoms with Gasteiger partial charge in [-0.25, -0.2) is 0 Å². The molecule has 0 radical (unpaired) electrons. The summed E-state index contributed by atoms with van der Waals surface area (Å²) in [6.45, 7) is 0. The van der Waals surface area contributed by atoms with Crippen LogP contribution in [0.25, 0.3) is 0 Å².